The molecule has 0 saturated carbocycles. The lowest BCUT2D eigenvalue weighted by Crippen LogP contribution is -2.35. The van der Waals surface area contributed by atoms with Crippen LogP contribution in [0.5, 0.6) is 5.75 Å². The Labute approximate surface area is 98.0 Å². The number of nitrogens with one attached hydrogen (secondary N) is 1. The predicted octanol–water partition coefficient (Wildman–Crippen LogP) is 3.14. The minimum absolute atomic E-state index is 0.345. The Bertz CT molecular complexity index is 350. The van der Waals surface area contributed by atoms with Crippen molar-refractivity contribution < 1.29 is 4.74 Å². The van der Waals surface area contributed by atoms with Gasteiger partial charge in [0.25, 0.3) is 0 Å². The summed E-state index contributed by atoms with van der Waals surface area (Å²) in [4.78, 5) is 0. The van der Waals surface area contributed by atoms with E-state index in [1.807, 2.05) is 13.1 Å². The molecule has 1 aliphatic rings. The first kappa shape index (κ1) is 11.5. The van der Waals surface area contributed by atoms with Crippen molar-refractivity contribution >= 4 is 0 Å². The van der Waals surface area contributed by atoms with Gasteiger partial charge in [0.2, 0.25) is 0 Å². The van der Waals surface area contributed by atoms with Crippen molar-refractivity contribution in [1.82, 2.24) is 5.32 Å². The van der Waals surface area contributed by atoms with E-state index in [1.54, 1.807) is 0 Å². The van der Waals surface area contributed by atoms with Crippen molar-refractivity contribution in [3.63, 3.8) is 0 Å². The third-order valence-corrected chi connectivity index (χ3v) is 3.67. The molecular formula is C14H21NO. The molecule has 88 valence electrons. The first-order valence-corrected chi connectivity index (χ1v) is 6.19. The summed E-state index contributed by atoms with van der Waals surface area (Å²) in [7, 11) is 2.03. The van der Waals surface area contributed by atoms with Gasteiger partial charge in [-0.2, -0.15) is 0 Å². The minimum Gasteiger partial charge on any atom is -0.490 e. The highest BCUT2D eigenvalue weighted by Crippen LogP contribution is 2.36. The van der Waals surface area contributed by atoms with Crippen molar-refractivity contribution in [2.75, 3.05) is 7.05 Å². The van der Waals surface area contributed by atoms with Crippen LogP contribution in [0.15, 0.2) is 24.3 Å². The van der Waals surface area contributed by atoms with Gasteiger partial charge in [-0.1, -0.05) is 38.5 Å². The summed E-state index contributed by atoms with van der Waals surface area (Å²) in [5, 5.41) is 3.39. The molecule has 0 bridgehead atoms. The number of para-hydroxylation sites is 1. The minimum atomic E-state index is 0.345. The summed E-state index contributed by atoms with van der Waals surface area (Å²) in [6, 6.07) is 8.79. The van der Waals surface area contributed by atoms with Crippen LogP contribution in [-0.4, -0.2) is 13.2 Å². The van der Waals surface area contributed by atoms with Crippen LogP contribution >= 0.6 is 0 Å². The van der Waals surface area contributed by atoms with Gasteiger partial charge in [0, 0.05) is 18.0 Å². The van der Waals surface area contributed by atoms with Crippen molar-refractivity contribution in [1.29, 1.82) is 0 Å². The Morgan fingerprint density at radius 3 is 2.88 bits per heavy atom. The Balaban J connectivity index is 2.25. The second kappa shape index (κ2) is 4.88. The standard InChI is InChI=1S/C14H21NO/c1-4-10(2)14-9-12(15-3)11-7-5-6-8-13(11)16-14/h5-8,10,12,14-15H,4,9H2,1-3H3. The van der Waals surface area contributed by atoms with Gasteiger partial charge in [-0.3, -0.25) is 0 Å². The molecule has 2 heteroatoms. The Kier molecular flexibility index (Phi) is 3.49. The zero-order chi connectivity index (χ0) is 11.5. The SMILES string of the molecule is CCC(C)C1CC(NC)c2ccccc2O1. The van der Waals surface area contributed by atoms with Gasteiger partial charge in [-0.05, 0) is 19.0 Å². The smallest absolute Gasteiger partial charge is 0.124 e. The zero-order valence-electron chi connectivity index (χ0n) is 10.4. The highest BCUT2D eigenvalue weighted by atomic mass is 16.5. The third kappa shape index (κ3) is 2.07. The van der Waals surface area contributed by atoms with Crippen LogP contribution in [0.3, 0.4) is 0 Å². The van der Waals surface area contributed by atoms with E-state index >= 15 is 0 Å². The maximum atomic E-state index is 6.08. The van der Waals surface area contributed by atoms with Crippen LogP contribution < -0.4 is 10.1 Å². The fourth-order valence-electron chi connectivity index (χ4n) is 2.33. The van der Waals surface area contributed by atoms with Crippen LogP contribution in [0, 0.1) is 5.92 Å². The topological polar surface area (TPSA) is 21.3 Å². The van der Waals surface area contributed by atoms with Gasteiger partial charge >= 0.3 is 0 Å². The van der Waals surface area contributed by atoms with Crippen molar-refractivity contribution in [2.24, 2.45) is 5.92 Å². The maximum Gasteiger partial charge on any atom is 0.124 e. The lowest BCUT2D eigenvalue weighted by Gasteiger charge is -2.35. The van der Waals surface area contributed by atoms with Gasteiger partial charge in [0.15, 0.2) is 0 Å². The van der Waals surface area contributed by atoms with E-state index in [9.17, 15) is 0 Å². The molecule has 1 N–H and O–H groups in total. The van der Waals surface area contributed by atoms with Crippen molar-refractivity contribution in [2.45, 2.75) is 38.8 Å². The number of fused-ring (bicyclic) bond motifs is 1. The molecule has 2 nitrogen and oxygen atoms in total. The molecule has 1 aliphatic heterocycles. The molecule has 1 aromatic rings. The van der Waals surface area contributed by atoms with E-state index in [-0.39, 0.29) is 0 Å². The lowest BCUT2D eigenvalue weighted by atomic mass is 9.89. The van der Waals surface area contributed by atoms with E-state index < -0.39 is 0 Å². The first-order valence-electron chi connectivity index (χ1n) is 6.19. The van der Waals surface area contributed by atoms with Gasteiger partial charge in [0.1, 0.15) is 11.9 Å². The number of rotatable bonds is 3. The van der Waals surface area contributed by atoms with E-state index in [1.165, 1.54) is 12.0 Å². The molecule has 0 aliphatic carbocycles. The van der Waals surface area contributed by atoms with Crippen molar-refractivity contribution in [3.8, 4) is 5.75 Å². The number of hydrogen-bond donors (Lipinski definition) is 1. The monoisotopic (exact) mass is 219 g/mol. The quantitative estimate of drug-likeness (QED) is 0.843. The largest absolute Gasteiger partial charge is 0.490 e. The highest BCUT2D eigenvalue weighted by molar-refractivity contribution is 5.37. The second-order valence-electron chi connectivity index (χ2n) is 4.66. The molecule has 0 radical (unpaired) electrons. The normalized spacial score (nSPS) is 25.7. The Morgan fingerprint density at radius 1 is 1.44 bits per heavy atom. The van der Waals surface area contributed by atoms with Crippen LogP contribution in [0.25, 0.3) is 0 Å². The Hall–Kier alpha value is -1.02. The average Bonchev–Trinajstić information content (AvgIpc) is 2.36. The fraction of sp³-hybridized carbons (Fsp3) is 0.571. The molecule has 0 saturated heterocycles. The number of hydrogen-bond acceptors (Lipinski definition) is 2. The molecule has 3 unspecified atom stereocenters. The van der Waals surface area contributed by atoms with Gasteiger partial charge in [-0.25, -0.2) is 0 Å². The molecule has 0 amide bonds. The summed E-state index contributed by atoms with van der Waals surface area (Å²) >= 11 is 0. The van der Waals surface area contributed by atoms with Crippen molar-refractivity contribution in [3.05, 3.63) is 29.8 Å². The maximum absolute atomic E-state index is 6.08. The van der Waals surface area contributed by atoms with E-state index in [2.05, 4.69) is 37.4 Å². The molecule has 0 spiro atoms. The van der Waals surface area contributed by atoms with Crippen LogP contribution in [-0.2, 0) is 0 Å². The summed E-state index contributed by atoms with van der Waals surface area (Å²) in [6.07, 6.45) is 2.59. The molecule has 2 rings (SSSR count). The highest BCUT2D eigenvalue weighted by Gasteiger charge is 2.29. The lowest BCUT2D eigenvalue weighted by molar-refractivity contribution is 0.0995. The van der Waals surface area contributed by atoms with Crippen LogP contribution in [0.4, 0.5) is 0 Å². The fourth-order valence-corrected chi connectivity index (χ4v) is 2.33. The molecular weight excluding hydrogens is 198 g/mol. The van der Waals surface area contributed by atoms with E-state index in [4.69, 9.17) is 4.74 Å². The van der Waals surface area contributed by atoms with Gasteiger partial charge in [0.05, 0.1) is 0 Å². The molecule has 3 atom stereocenters. The predicted molar refractivity (Wildman–Crippen MR) is 66.7 cm³/mol. The Morgan fingerprint density at radius 2 is 2.19 bits per heavy atom. The summed E-state index contributed by atoms with van der Waals surface area (Å²) in [5.41, 5.74) is 1.30. The molecule has 1 heterocycles. The van der Waals surface area contributed by atoms with Crippen LogP contribution in [0.2, 0.25) is 0 Å². The molecule has 0 aromatic heterocycles. The molecule has 16 heavy (non-hydrogen) atoms. The zero-order valence-corrected chi connectivity index (χ0v) is 10.4. The third-order valence-electron chi connectivity index (χ3n) is 3.67. The first-order chi connectivity index (χ1) is 7.76. The summed E-state index contributed by atoms with van der Waals surface area (Å²) in [6.45, 7) is 4.49. The van der Waals surface area contributed by atoms with E-state index in [0.29, 0.717) is 18.1 Å². The number of benzene rings is 1. The summed E-state index contributed by atoms with van der Waals surface area (Å²) < 4.78 is 6.08. The summed E-state index contributed by atoms with van der Waals surface area (Å²) in [5.74, 6) is 1.67. The van der Waals surface area contributed by atoms with Gasteiger partial charge in [-0.15, -0.1) is 0 Å². The van der Waals surface area contributed by atoms with Crippen LogP contribution in [0.1, 0.15) is 38.3 Å². The average molecular weight is 219 g/mol. The molecule has 1 aromatic carbocycles. The number of ether oxygens (including phenoxy) is 1. The molecule has 0 fully saturated rings. The van der Waals surface area contributed by atoms with E-state index in [0.717, 1.165) is 12.2 Å². The van der Waals surface area contributed by atoms with Gasteiger partial charge < -0.3 is 10.1 Å². The second-order valence-corrected chi connectivity index (χ2v) is 4.66.